The van der Waals surface area contributed by atoms with E-state index in [-0.39, 0.29) is 6.61 Å². The van der Waals surface area contributed by atoms with Crippen LogP contribution in [0.2, 0.25) is 0 Å². The highest BCUT2D eigenvalue weighted by molar-refractivity contribution is 5.54. The van der Waals surface area contributed by atoms with Crippen molar-refractivity contribution in [2.24, 2.45) is 0 Å². The van der Waals surface area contributed by atoms with E-state index in [2.05, 4.69) is 53.0 Å². The van der Waals surface area contributed by atoms with E-state index in [0.717, 1.165) is 30.0 Å². The monoisotopic (exact) mass is 336 g/mol. The lowest BCUT2D eigenvalue weighted by molar-refractivity contribution is 0.304. The molecule has 5 nitrogen and oxygen atoms in total. The highest BCUT2D eigenvalue weighted by Crippen LogP contribution is 2.17. The van der Waals surface area contributed by atoms with Crippen molar-refractivity contribution in [3.05, 3.63) is 78.1 Å². The zero-order chi connectivity index (χ0) is 17.5. The topological polar surface area (TPSA) is 53.3 Å². The van der Waals surface area contributed by atoms with Crippen molar-refractivity contribution < 1.29 is 5.11 Å². The number of rotatable bonds is 8. The molecule has 0 radical (unpaired) electrons. The Morgan fingerprint density at radius 2 is 1.80 bits per heavy atom. The van der Waals surface area contributed by atoms with E-state index in [0.29, 0.717) is 6.54 Å². The van der Waals surface area contributed by atoms with E-state index in [1.54, 1.807) is 0 Å². The van der Waals surface area contributed by atoms with Crippen LogP contribution in [0.25, 0.3) is 0 Å². The maximum absolute atomic E-state index is 9.00. The summed E-state index contributed by atoms with van der Waals surface area (Å²) in [6, 6.07) is 18.5. The lowest BCUT2D eigenvalue weighted by Gasteiger charge is -2.18. The number of hydrogen-bond donors (Lipinski definition) is 2. The Labute approximate surface area is 148 Å². The molecule has 0 aliphatic heterocycles. The molecule has 0 bridgehead atoms. The Morgan fingerprint density at radius 3 is 2.52 bits per heavy atom. The van der Waals surface area contributed by atoms with Crippen molar-refractivity contribution in [1.82, 2.24) is 9.78 Å². The Morgan fingerprint density at radius 1 is 1.04 bits per heavy atom. The van der Waals surface area contributed by atoms with Crippen LogP contribution in [0, 0.1) is 0 Å². The molecule has 2 aromatic carbocycles. The summed E-state index contributed by atoms with van der Waals surface area (Å²) in [4.78, 5) is 2.03. The Kier molecular flexibility index (Phi) is 5.69. The summed E-state index contributed by atoms with van der Waals surface area (Å²) in [5, 5.41) is 16.8. The molecule has 0 fully saturated rings. The highest BCUT2D eigenvalue weighted by Gasteiger charge is 2.02. The van der Waals surface area contributed by atoms with Gasteiger partial charge in [-0.15, -0.1) is 0 Å². The molecule has 130 valence electrons. The number of aliphatic hydroxyl groups excluding tert-OH is 1. The van der Waals surface area contributed by atoms with Crippen LogP contribution in [0.5, 0.6) is 0 Å². The van der Waals surface area contributed by atoms with E-state index in [4.69, 9.17) is 5.11 Å². The Hall–Kier alpha value is -2.79. The van der Waals surface area contributed by atoms with Crippen LogP contribution in [0.3, 0.4) is 0 Å². The van der Waals surface area contributed by atoms with E-state index in [1.165, 1.54) is 5.56 Å². The predicted molar refractivity (Wildman–Crippen MR) is 102 cm³/mol. The van der Waals surface area contributed by atoms with Gasteiger partial charge in [-0.05, 0) is 29.8 Å². The minimum absolute atomic E-state index is 0.156. The van der Waals surface area contributed by atoms with Crippen LogP contribution in [0.15, 0.2) is 67.0 Å². The molecule has 0 aliphatic rings. The first kappa shape index (κ1) is 17.0. The first-order valence-corrected chi connectivity index (χ1v) is 8.46. The van der Waals surface area contributed by atoms with Gasteiger partial charge < -0.3 is 15.3 Å². The number of aromatic nitrogens is 2. The summed E-state index contributed by atoms with van der Waals surface area (Å²) < 4.78 is 1.96. The first-order chi connectivity index (χ1) is 12.2. The average Bonchev–Trinajstić information content (AvgIpc) is 3.09. The number of likely N-dealkylation sites (N-methyl/N-ethyl adjacent to an activating group) is 1. The zero-order valence-electron chi connectivity index (χ0n) is 14.5. The van der Waals surface area contributed by atoms with Crippen molar-refractivity contribution in [2.75, 3.05) is 30.4 Å². The summed E-state index contributed by atoms with van der Waals surface area (Å²) in [7, 11) is 1.97. The van der Waals surface area contributed by atoms with E-state index in [1.807, 2.05) is 41.0 Å². The maximum atomic E-state index is 9.00. The normalized spacial score (nSPS) is 10.6. The standard InChI is InChI=1S/C20H24N4O/c1-23(11-12-25)20-9-7-19(8-10-20)21-13-18-14-22-24(16-18)15-17-5-3-2-4-6-17/h2-10,14,16,21,25H,11-13,15H2,1H3. The van der Waals surface area contributed by atoms with Gasteiger partial charge in [0, 0.05) is 43.3 Å². The highest BCUT2D eigenvalue weighted by atomic mass is 16.3. The van der Waals surface area contributed by atoms with Gasteiger partial charge in [-0.25, -0.2) is 0 Å². The SMILES string of the molecule is CN(CCO)c1ccc(NCc2cnn(Cc3ccccc3)c2)cc1. The van der Waals surface area contributed by atoms with Crippen LogP contribution in [-0.2, 0) is 13.1 Å². The van der Waals surface area contributed by atoms with E-state index >= 15 is 0 Å². The van der Waals surface area contributed by atoms with Gasteiger partial charge in [0.05, 0.1) is 19.3 Å². The zero-order valence-corrected chi connectivity index (χ0v) is 14.5. The largest absolute Gasteiger partial charge is 0.395 e. The van der Waals surface area contributed by atoms with Gasteiger partial charge in [-0.1, -0.05) is 30.3 Å². The third-order valence-electron chi connectivity index (χ3n) is 4.11. The molecule has 0 amide bonds. The van der Waals surface area contributed by atoms with Crippen LogP contribution >= 0.6 is 0 Å². The van der Waals surface area contributed by atoms with Crippen molar-refractivity contribution in [3.8, 4) is 0 Å². The van der Waals surface area contributed by atoms with Crippen molar-refractivity contribution in [2.45, 2.75) is 13.1 Å². The van der Waals surface area contributed by atoms with Gasteiger partial charge in [-0.3, -0.25) is 4.68 Å². The van der Waals surface area contributed by atoms with Crippen LogP contribution in [-0.4, -0.2) is 35.1 Å². The molecular weight excluding hydrogens is 312 g/mol. The molecule has 2 N–H and O–H groups in total. The van der Waals surface area contributed by atoms with E-state index in [9.17, 15) is 0 Å². The average molecular weight is 336 g/mol. The summed E-state index contributed by atoms with van der Waals surface area (Å²) in [5.41, 5.74) is 4.55. The van der Waals surface area contributed by atoms with Gasteiger partial charge in [0.25, 0.3) is 0 Å². The van der Waals surface area contributed by atoms with Gasteiger partial charge in [0.1, 0.15) is 0 Å². The molecule has 0 saturated carbocycles. The van der Waals surface area contributed by atoms with Crippen LogP contribution in [0.1, 0.15) is 11.1 Å². The predicted octanol–water partition coefficient (Wildman–Crippen LogP) is 2.97. The molecule has 1 heterocycles. The minimum Gasteiger partial charge on any atom is -0.395 e. The molecule has 25 heavy (non-hydrogen) atoms. The number of nitrogens with one attached hydrogen (secondary N) is 1. The van der Waals surface area contributed by atoms with Crippen LogP contribution < -0.4 is 10.2 Å². The molecular formula is C20H24N4O. The second-order valence-electron chi connectivity index (χ2n) is 6.08. The van der Waals surface area contributed by atoms with Gasteiger partial charge >= 0.3 is 0 Å². The molecule has 0 atom stereocenters. The van der Waals surface area contributed by atoms with E-state index < -0.39 is 0 Å². The molecule has 5 heteroatoms. The minimum atomic E-state index is 0.156. The Balaban J connectivity index is 1.53. The van der Waals surface area contributed by atoms with Crippen molar-refractivity contribution in [1.29, 1.82) is 0 Å². The molecule has 0 saturated heterocycles. The third kappa shape index (κ3) is 4.84. The lowest BCUT2D eigenvalue weighted by atomic mass is 10.2. The Bertz CT molecular complexity index is 768. The third-order valence-corrected chi connectivity index (χ3v) is 4.11. The smallest absolute Gasteiger partial charge is 0.0659 e. The van der Waals surface area contributed by atoms with Gasteiger partial charge in [0.2, 0.25) is 0 Å². The first-order valence-electron chi connectivity index (χ1n) is 8.46. The number of anilines is 2. The summed E-state index contributed by atoms with van der Waals surface area (Å²) in [6.45, 7) is 2.31. The number of benzene rings is 2. The molecule has 0 spiro atoms. The number of hydrogen-bond acceptors (Lipinski definition) is 4. The molecule has 3 rings (SSSR count). The van der Waals surface area contributed by atoms with Crippen LogP contribution in [0.4, 0.5) is 11.4 Å². The summed E-state index contributed by atoms with van der Waals surface area (Å²) >= 11 is 0. The molecule has 0 unspecified atom stereocenters. The van der Waals surface area contributed by atoms with Crippen molar-refractivity contribution in [3.63, 3.8) is 0 Å². The van der Waals surface area contributed by atoms with Gasteiger partial charge in [-0.2, -0.15) is 5.10 Å². The van der Waals surface area contributed by atoms with Crippen molar-refractivity contribution >= 4 is 11.4 Å². The number of nitrogens with zero attached hydrogens (tertiary/aromatic N) is 3. The molecule has 0 aliphatic carbocycles. The molecule has 3 aromatic rings. The molecule has 1 aromatic heterocycles. The second-order valence-corrected chi connectivity index (χ2v) is 6.08. The fourth-order valence-electron chi connectivity index (χ4n) is 2.67. The lowest BCUT2D eigenvalue weighted by Crippen LogP contribution is -2.20. The van der Waals surface area contributed by atoms with Gasteiger partial charge in [0.15, 0.2) is 0 Å². The number of aliphatic hydroxyl groups is 1. The quantitative estimate of drug-likeness (QED) is 0.664. The summed E-state index contributed by atoms with van der Waals surface area (Å²) in [5.74, 6) is 0. The maximum Gasteiger partial charge on any atom is 0.0659 e. The fourth-order valence-corrected chi connectivity index (χ4v) is 2.67. The fraction of sp³-hybridized carbons (Fsp3) is 0.250. The second kappa shape index (κ2) is 8.35. The summed E-state index contributed by atoms with van der Waals surface area (Å²) in [6.07, 6.45) is 3.97.